The lowest BCUT2D eigenvalue weighted by Crippen LogP contribution is -2.47. The van der Waals surface area contributed by atoms with Gasteiger partial charge in [0, 0.05) is 26.1 Å². The van der Waals surface area contributed by atoms with E-state index < -0.39 is 5.97 Å². The molecule has 0 aromatic carbocycles. The van der Waals surface area contributed by atoms with Crippen LogP contribution in [-0.2, 0) is 4.79 Å². The lowest BCUT2D eigenvalue weighted by molar-refractivity contribution is -0.137. The first kappa shape index (κ1) is 15.1. The summed E-state index contributed by atoms with van der Waals surface area (Å²) in [6.07, 6.45) is 9.25. The minimum Gasteiger partial charge on any atom is -0.481 e. The first-order valence-electron chi connectivity index (χ1n) is 7.86. The number of nitrogens with zero attached hydrogens (tertiary/aromatic N) is 1. The average molecular weight is 282 g/mol. The third-order valence-electron chi connectivity index (χ3n) is 4.87. The Balaban J connectivity index is 1.61. The lowest BCUT2D eigenvalue weighted by atomic mass is 9.77. The fourth-order valence-corrected chi connectivity index (χ4v) is 3.52. The maximum atomic E-state index is 12.0. The number of aliphatic carboxylic acids is 1. The second kappa shape index (κ2) is 6.95. The van der Waals surface area contributed by atoms with Gasteiger partial charge in [0.2, 0.25) is 0 Å². The monoisotopic (exact) mass is 282 g/mol. The predicted octanol–water partition coefficient (Wildman–Crippen LogP) is 2.61. The highest BCUT2D eigenvalue weighted by Crippen LogP contribution is 2.45. The number of rotatable bonds is 5. The first-order chi connectivity index (χ1) is 9.61. The zero-order valence-electron chi connectivity index (χ0n) is 12.2. The average Bonchev–Trinajstić information content (AvgIpc) is 2.87. The molecule has 2 aliphatic rings. The van der Waals surface area contributed by atoms with Crippen LogP contribution in [0.25, 0.3) is 0 Å². The molecule has 0 aromatic rings. The fourth-order valence-electron chi connectivity index (χ4n) is 3.52. The molecule has 0 aromatic heterocycles. The Kier molecular flexibility index (Phi) is 5.26. The highest BCUT2D eigenvalue weighted by atomic mass is 16.4. The summed E-state index contributed by atoms with van der Waals surface area (Å²) in [5.41, 5.74) is 0.540. The predicted molar refractivity (Wildman–Crippen MR) is 76.6 cm³/mol. The molecule has 2 fully saturated rings. The van der Waals surface area contributed by atoms with E-state index in [2.05, 4.69) is 5.32 Å². The van der Waals surface area contributed by atoms with Gasteiger partial charge in [0.1, 0.15) is 0 Å². The summed E-state index contributed by atoms with van der Waals surface area (Å²) < 4.78 is 0. The van der Waals surface area contributed by atoms with Crippen molar-refractivity contribution in [3.63, 3.8) is 0 Å². The number of unbranched alkanes of at least 4 members (excludes halogenated alkanes) is 1. The van der Waals surface area contributed by atoms with Crippen LogP contribution in [0.1, 0.15) is 57.8 Å². The van der Waals surface area contributed by atoms with E-state index in [-0.39, 0.29) is 12.5 Å². The number of carboxylic acids is 1. The van der Waals surface area contributed by atoms with Gasteiger partial charge in [0.15, 0.2) is 0 Å². The van der Waals surface area contributed by atoms with E-state index in [4.69, 9.17) is 5.11 Å². The molecule has 2 rings (SSSR count). The standard InChI is InChI=1S/C15H26N2O3/c18-13(19)5-1-4-10-16-14(20)17-11-8-15(9-12-17)6-2-3-7-15/h1-12H2,(H,16,20)(H,18,19). The molecule has 0 atom stereocenters. The van der Waals surface area contributed by atoms with Crippen molar-refractivity contribution in [2.24, 2.45) is 5.41 Å². The zero-order valence-corrected chi connectivity index (χ0v) is 12.2. The second-order valence-corrected chi connectivity index (χ2v) is 6.28. The molecular formula is C15H26N2O3. The van der Waals surface area contributed by atoms with E-state index >= 15 is 0 Å². The summed E-state index contributed by atoms with van der Waals surface area (Å²) >= 11 is 0. The van der Waals surface area contributed by atoms with Crippen LogP contribution in [0.3, 0.4) is 0 Å². The van der Waals surface area contributed by atoms with Gasteiger partial charge in [-0.25, -0.2) is 4.79 Å². The quantitative estimate of drug-likeness (QED) is 0.761. The largest absolute Gasteiger partial charge is 0.481 e. The van der Waals surface area contributed by atoms with Crippen molar-refractivity contribution in [3.8, 4) is 0 Å². The maximum absolute atomic E-state index is 12.0. The molecule has 5 heteroatoms. The van der Waals surface area contributed by atoms with Crippen LogP contribution in [-0.4, -0.2) is 41.6 Å². The number of likely N-dealkylation sites (tertiary alicyclic amines) is 1. The number of carboxylic acid groups (broad SMARTS) is 1. The highest BCUT2D eigenvalue weighted by Gasteiger charge is 2.37. The van der Waals surface area contributed by atoms with Crippen LogP contribution < -0.4 is 5.32 Å². The van der Waals surface area contributed by atoms with Crippen LogP contribution in [0.2, 0.25) is 0 Å². The fraction of sp³-hybridized carbons (Fsp3) is 0.867. The summed E-state index contributed by atoms with van der Waals surface area (Å²) in [7, 11) is 0. The van der Waals surface area contributed by atoms with Gasteiger partial charge in [-0.2, -0.15) is 0 Å². The van der Waals surface area contributed by atoms with Crippen molar-refractivity contribution < 1.29 is 14.7 Å². The number of hydrogen-bond acceptors (Lipinski definition) is 2. The van der Waals surface area contributed by atoms with Crippen molar-refractivity contribution in [1.29, 1.82) is 0 Å². The van der Waals surface area contributed by atoms with E-state index in [1.165, 1.54) is 25.7 Å². The molecule has 1 heterocycles. The Labute approximate surface area is 120 Å². The van der Waals surface area contributed by atoms with Crippen LogP contribution in [0, 0.1) is 5.41 Å². The number of carbonyl (C=O) groups excluding carboxylic acids is 1. The molecule has 1 saturated heterocycles. The lowest BCUT2D eigenvalue weighted by Gasteiger charge is -2.39. The third-order valence-corrected chi connectivity index (χ3v) is 4.87. The number of hydrogen-bond donors (Lipinski definition) is 2. The van der Waals surface area contributed by atoms with E-state index in [9.17, 15) is 9.59 Å². The molecule has 1 aliphatic heterocycles. The molecule has 20 heavy (non-hydrogen) atoms. The Hall–Kier alpha value is -1.26. The number of piperidine rings is 1. The van der Waals surface area contributed by atoms with Gasteiger partial charge in [-0.1, -0.05) is 12.8 Å². The molecule has 1 aliphatic carbocycles. The van der Waals surface area contributed by atoms with Crippen molar-refractivity contribution in [3.05, 3.63) is 0 Å². The number of urea groups is 1. The molecule has 0 bridgehead atoms. The van der Waals surface area contributed by atoms with Gasteiger partial charge in [0.25, 0.3) is 0 Å². The van der Waals surface area contributed by atoms with Crippen LogP contribution >= 0.6 is 0 Å². The molecule has 1 spiro atoms. The van der Waals surface area contributed by atoms with Crippen molar-refractivity contribution in [1.82, 2.24) is 10.2 Å². The van der Waals surface area contributed by atoms with E-state index in [1.54, 1.807) is 0 Å². The Morgan fingerprint density at radius 1 is 1.05 bits per heavy atom. The highest BCUT2D eigenvalue weighted by molar-refractivity contribution is 5.74. The van der Waals surface area contributed by atoms with Crippen molar-refractivity contribution in [2.75, 3.05) is 19.6 Å². The normalized spacial score (nSPS) is 21.1. The Morgan fingerprint density at radius 3 is 2.30 bits per heavy atom. The smallest absolute Gasteiger partial charge is 0.317 e. The second-order valence-electron chi connectivity index (χ2n) is 6.28. The van der Waals surface area contributed by atoms with E-state index in [0.717, 1.165) is 32.4 Å². The molecule has 2 N–H and O–H groups in total. The minimum absolute atomic E-state index is 0.0215. The number of nitrogens with one attached hydrogen (secondary N) is 1. The Bertz CT molecular complexity index is 341. The Morgan fingerprint density at radius 2 is 1.70 bits per heavy atom. The van der Waals surface area contributed by atoms with Crippen molar-refractivity contribution in [2.45, 2.75) is 57.8 Å². The van der Waals surface area contributed by atoms with Crippen molar-refractivity contribution >= 4 is 12.0 Å². The summed E-state index contributed by atoms with van der Waals surface area (Å²) in [5, 5.41) is 11.4. The molecule has 2 amide bonds. The van der Waals surface area contributed by atoms with Crippen LogP contribution in [0.4, 0.5) is 4.79 Å². The topological polar surface area (TPSA) is 69.6 Å². The van der Waals surface area contributed by atoms with E-state index in [0.29, 0.717) is 18.4 Å². The van der Waals surface area contributed by atoms with E-state index in [1.807, 2.05) is 4.90 Å². The van der Waals surface area contributed by atoms with Crippen LogP contribution in [0.5, 0.6) is 0 Å². The number of amides is 2. The zero-order chi connectivity index (χ0) is 14.4. The summed E-state index contributed by atoms with van der Waals surface area (Å²) in [4.78, 5) is 24.3. The first-order valence-corrected chi connectivity index (χ1v) is 7.86. The molecule has 1 saturated carbocycles. The summed E-state index contributed by atoms with van der Waals surface area (Å²) in [6.45, 7) is 2.33. The van der Waals surface area contributed by atoms with Gasteiger partial charge in [-0.15, -0.1) is 0 Å². The summed E-state index contributed by atoms with van der Waals surface area (Å²) in [5.74, 6) is -0.769. The minimum atomic E-state index is -0.769. The molecule has 0 unspecified atom stereocenters. The van der Waals surface area contributed by atoms with Gasteiger partial charge in [0.05, 0.1) is 0 Å². The molecule has 0 radical (unpaired) electrons. The third kappa shape index (κ3) is 4.12. The SMILES string of the molecule is O=C(O)CCCCNC(=O)N1CCC2(CCCC2)CC1. The molecule has 5 nitrogen and oxygen atoms in total. The summed E-state index contributed by atoms with van der Waals surface area (Å²) in [6, 6.07) is 0.0215. The molecule has 114 valence electrons. The molecular weight excluding hydrogens is 256 g/mol. The van der Waals surface area contributed by atoms with Gasteiger partial charge >= 0.3 is 12.0 Å². The maximum Gasteiger partial charge on any atom is 0.317 e. The van der Waals surface area contributed by atoms with Gasteiger partial charge in [-0.3, -0.25) is 4.79 Å². The van der Waals surface area contributed by atoms with Crippen LogP contribution in [0.15, 0.2) is 0 Å². The van der Waals surface area contributed by atoms with Gasteiger partial charge < -0.3 is 15.3 Å². The number of carbonyl (C=O) groups is 2. The van der Waals surface area contributed by atoms with Gasteiger partial charge in [-0.05, 0) is 43.9 Å².